The summed E-state index contributed by atoms with van der Waals surface area (Å²) in [7, 11) is -3.29. The first-order chi connectivity index (χ1) is 11.9. The maximum Gasteiger partial charge on any atom is 0.230 e. The van der Waals surface area contributed by atoms with Gasteiger partial charge in [-0.15, -0.1) is 0 Å². The zero-order valence-electron chi connectivity index (χ0n) is 13.7. The van der Waals surface area contributed by atoms with E-state index in [1.807, 2.05) is 24.3 Å². The Labute approximate surface area is 156 Å². The maximum atomic E-state index is 12.5. The summed E-state index contributed by atoms with van der Waals surface area (Å²) in [5, 5.41) is 2.91. The maximum absolute atomic E-state index is 12.5. The quantitative estimate of drug-likeness (QED) is 0.696. The third kappa shape index (κ3) is 4.12. The predicted molar refractivity (Wildman–Crippen MR) is 101 cm³/mol. The summed E-state index contributed by atoms with van der Waals surface area (Å²) in [6, 6.07) is 16.2. The lowest BCUT2D eigenvalue weighted by molar-refractivity contribution is -0.123. The highest BCUT2D eigenvalue weighted by atomic mass is 79.9. The molecule has 1 aliphatic rings. The SMILES string of the molecule is O=C(NCCCS(=O)(=O)c1ccccc1)C1(c2ccc(Br)cc2)CC1. The Bertz CT molecular complexity index is 844. The lowest BCUT2D eigenvalue weighted by Crippen LogP contribution is -2.35. The van der Waals surface area contributed by atoms with E-state index in [4.69, 9.17) is 0 Å². The van der Waals surface area contributed by atoms with Gasteiger partial charge in [-0.05, 0) is 49.1 Å². The molecule has 0 radical (unpaired) electrons. The molecule has 0 aromatic heterocycles. The van der Waals surface area contributed by atoms with Gasteiger partial charge in [0.05, 0.1) is 16.1 Å². The van der Waals surface area contributed by atoms with E-state index in [-0.39, 0.29) is 11.7 Å². The number of nitrogens with one attached hydrogen (secondary N) is 1. The van der Waals surface area contributed by atoms with E-state index in [0.717, 1.165) is 22.9 Å². The van der Waals surface area contributed by atoms with E-state index in [0.29, 0.717) is 17.9 Å². The molecule has 2 aromatic rings. The van der Waals surface area contributed by atoms with Gasteiger partial charge in [-0.3, -0.25) is 4.79 Å². The summed E-state index contributed by atoms with van der Waals surface area (Å²) >= 11 is 3.40. The van der Waals surface area contributed by atoms with Crippen LogP contribution in [0.2, 0.25) is 0 Å². The smallest absolute Gasteiger partial charge is 0.230 e. The number of hydrogen-bond donors (Lipinski definition) is 1. The lowest BCUT2D eigenvalue weighted by Gasteiger charge is -2.16. The molecule has 2 aromatic carbocycles. The van der Waals surface area contributed by atoms with Gasteiger partial charge in [0.25, 0.3) is 0 Å². The molecule has 132 valence electrons. The molecule has 1 aliphatic carbocycles. The number of amides is 1. The van der Waals surface area contributed by atoms with Crippen LogP contribution in [-0.2, 0) is 20.0 Å². The summed E-state index contributed by atoms with van der Waals surface area (Å²) in [5.41, 5.74) is 0.587. The van der Waals surface area contributed by atoms with Gasteiger partial charge < -0.3 is 5.32 Å². The minimum absolute atomic E-state index is 0.00747. The fraction of sp³-hybridized carbons (Fsp3) is 0.316. The predicted octanol–water partition coefficient (Wildman–Crippen LogP) is 3.46. The normalized spacial score (nSPS) is 15.6. The Morgan fingerprint density at radius 3 is 2.28 bits per heavy atom. The molecule has 4 nitrogen and oxygen atoms in total. The van der Waals surface area contributed by atoms with Crippen LogP contribution in [0.15, 0.2) is 64.0 Å². The van der Waals surface area contributed by atoms with E-state index in [9.17, 15) is 13.2 Å². The van der Waals surface area contributed by atoms with Crippen molar-refractivity contribution in [3.05, 3.63) is 64.6 Å². The highest BCUT2D eigenvalue weighted by molar-refractivity contribution is 9.10. The van der Waals surface area contributed by atoms with Crippen LogP contribution >= 0.6 is 15.9 Å². The molecule has 0 heterocycles. The van der Waals surface area contributed by atoms with Crippen molar-refractivity contribution in [3.8, 4) is 0 Å². The van der Waals surface area contributed by atoms with E-state index in [1.165, 1.54) is 0 Å². The van der Waals surface area contributed by atoms with Gasteiger partial charge in [0.1, 0.15) is 0 Å². The zero-order valence-corrected chi connectivity index (χ0v) is 16.1. The first-order valence-corrected chi connectivity index (χ1v) is 10.7. The van der Waals surface area contributed by atoms with Crippen LogP contribution in [0, 0.1) is 0 Å². The van der Waals surface area contributed by atoms with Crippen molar-refractivity contribution in [2.24, 2.45) is 0 Å². The first-order valence-electron chi connectivity index (χ1n) is 8.26. The van der Waals surface area contributed by atoms with Crippen LogP contribution in [-0.4, -0.2) is 26.6 Å². The molecule has 1 fully saturated rings. The molecule has 0 saturated heterocycles. The average Bonchev–Trinajstić information content (AvgIpc) is 3.42. The van der Waals surface area contributed by atoms with Gasteiger partial charge in [0, 0.05) is 11.0 Å². The standard InChI is InChI=1S/C19H20BrNO3S/c20-16-9-7-15(8-10-16)19(11-12-19)18(22)21-13-4-14-25(23,24)17-5-2-1-3-6-17/h1-3,5-10H,4,11-14H2,(H,21,22). The molecule has 1 saturated carbocycles. The second kappa shape index (κ2) is 7.30. The van der Waals surface area contributed by atoms with Crippen molar-refractivity contribution < 1.29 is 13.2 Å². The Balaban J connectivity index is 1.53. The third-order valence-corrected chi connectivity index (χ3v) is 6.90. The summed E-state index contributed by atoms with van der Waals surface area (Å²) < 4.78 is 25.4. The van der Waals surface area contributed by atoms with Crippen molar-refractivity contribution in [3.63, 3.8) is 0 Å². The molecule has 1 amide bonds. The van der Waals surface area contributed by atoms with E-state index in [1.54, 1.807) is 30.3 Å². The van der Waals surface area contributed by atoms with Crippen molar-refractivity contribution in [1.82, 2.24) is 5.32 Å². The molecule has 0 bridgehead atoms. The third-order valence-electron chi connectivity index (χ3n) is 4.56. The monoisotopic (exact) mass is 421 g/mol. The first kappa shape index (κ1) is 18.1. The second-order valence-corrected chi connectivity index (χ2v) is 9.36. The zero-order chi connectivity index (χ0) is 17.9. The van der Waals surface area contributed by atoms with Crippen molar-refractivity contribution in [1.29, 1.82) is 0 Å². The minimum Gasteiger partial charge on any atom is -0.355 e. The van der Waals surface area contributed by atoms with Crippen LogP contribution in [0.3, 0.4) is 0 Å². The fourth-order valence-electron chi connectivity index (χ4n) is 2.92. The van der Waals surface area contributed by atoms with Crippen LogP contribution < -0.4 is 5.32 Å². The Hall–Kier alpha value is -1.66. The van der Waals surface area contributed by atoms with Crippen LogP contribution in [0.5, 0.6) is 0 Å². The molecule has 0 aliphatic heterocycles. The second-order valence-electron chi connectivity index (χ2n) is 6.33. The molecule has 1 N–H and O–H groups in total. The van der Waals surface area contributed by atoms with Gasteiger partial charge in [0.2, 0.25) is 5.91 Å². The Kier molecular flexibility index (Phi) is 5.29. The number of benzene rings is 2. The molecular formula is C19H20BrNO3S. The van der Waals surface area contributed by atoms with Crippen LogP contribution in [0.4, 0.5) is 0 Å². The topological polar surface area (TPSA) is 63.2 Å². The molecule has 0 atom stereocenters. The van der Waals surface area contributed by atoms with E-state index in [2.05, 4.69) is 21.2 Å². The fourth-order valence-corrected chi connectivity index (χ4v) is 4.52. The van der Waals surface area contributed by atoms with Gasteiger partial charge in [-0.2, -0.15) is 0 Å². The molecule has 6 heteroatoms. The molecule has 3 rings (SSSR count). The number of carbonyl (C=O) groups excluding carboxylic acids is 1. The number of hydrogen-bond acceptors (Lipinski definition) is 3. The highest BCUT2D eigenvalue weighted by Crippen LogP contribution is 2.48. The molecule has 0 spiro atoms. The molecular weight excluding hydrogens is 402 g/mol. The summed E-state index contributed by atoms with van der Waals surface area (Å²) in [6.07, 6.45) is 2.07. The number of carbonyl (C=O) groups is 1. The number of rotatable bonds is 7. The highest BCUT2D eigenvalue weighted by Gasteiger charge is 2.50. The van der Waals surface area contributed by atoms with Gasteiger partial charge in [-0.25, -0.2) is 8.42 Å². The Morgan fingerprint density at radius 2 is 1.68 bits per heavy atom. The Morgan fingerprint density at radius 1 is 1.04 bits per heavy atom. The van der Waals surface area contributed by atoms with Crippen molar-refractivity contribution >= 4 is 31.7 Å². The van der Waals surface area contributed by atoms with Crippen molar-refractivity contribution in [2.45, 2.75) is 29.6 Å². The summed E-state index contributed by atoms with van der Waals surface area (Å²) in [4.78, 5) is 12.9. The lowest BCUT2D eigenvalue weighted by atomic mass is 9.95. The summed E-state index contributed by atoms with van der Waals surface area (Å²) in [5.74, 6) is 0.0229. The number of sulfone groups is 1. The van der Waals surface area contributed by atoms with Gasteiger partial charge in [0.15, 0.2) is 9.84 Å². The van der Waals surface area contributed by atoms with Gasteiger partial charge in [-0.1, -0.05) is 46.3 Å². The van der Waals surface area contributed by atoms with Gasteiger partial charge >= 0.3 is 0 Å². The largest absolute Gasteiger partial charge is 0.355 e. The van der Waals surface area contributed by atoms with E-state index < -0.39 is 15.3 Å². The summed E-state index contributed by atoms with van der Waals surface area (Å²) in [6.45, 7) is 0.364. The molecule has 0 unspecified atom stereocenters. The number of halogens is 1. The molecule has 25 heavy (non-hydrogen) atoms. The average molecular weight is 422 g/mol. The van der Waals surface area contributed by atoms with Crippen molar-refractivity contribution in [2.75, 3.05) is 12.3 Å². The minimum atomic E-state index is -3.29. The van der Waals surface area contributed by atoms with Crippen LogP contribution in [0.1, 0.15) is 24.8 Å². The van der Waals surface area contributed by atoms with Crippen LogP contribution in [0.25, 0.3) is 0 Å². The van der Waals surface area contributed by atoms with E-state index >= 15 is 0 Å².